The molecule has 1 aromatic heterocycles. The number of rotatable bonds is 3. The van der Waals surface area contributed by atoms with Gasteiger partial charge in [0.2, 0.25) is 5.56 Å². The van der Waals surface area contributed by atoms with Crippen molar-refractivity contribution in [1.29, 1.82) is 0 Å². The van der Waals surface area contributed by atoms with E-state index >= 15 is 0 Å². The molecule has 3 heteroatoms. The molecule has 3 rings (SSSR count). The summed E-state index contributed by atoms with van der Waals surface area (Å²) in [7, 11) is 0. The minimum atomic E-state index is -0.314. The van der Waals surface area contributed by atoms with Crippen LogP contribution in [0.5, 0.6) is 0 Å². The summed E-state index contributed by atoms with van der Waals surface area (Å²) in [6.45, 7) is 6.47. The Bertz CT molecular complexity index is 723. The van der Waals surface area contributed by atoms with Crippen LogP contribution >= 0.6 is 0 Å². The van der Waals surface area contributed by atoms with Crippen LogP contribution in [0.25, 0.3) is 0 Å². The van der Waals surface area contributed by atoms with Crippen molar-refractivity contribution in [1.82, 2.24) is 4.98 Å². The maximum Gasteiger partial charge on any atom is 0.248 e. The number of aromatic amines is 1. The summed E-state index contributed by atoms with van der Waals surface area (Å²) in [5.74, 6) is 0.350. The van der Waals surface area contributed by atoms with E-state index < -0.39 is 0 Å². The molecular weight excluding hydrogens is 272 g/mol. The third-order valence-electron chi connectivity index (χ3n) is 4.81. The van der Waals surface area contributed by atoms with Crippen LogP contribution in [0, 0.1) is 5.92 Å². The number of nitrogens with zero attached hydrogens (tertiary/aromatic N) is 1. The van der Waals surface area contributed by atoms with E-state index in [4.69, 9.17) is 4.99 Å². The van der Waals surface area contributed by atoms with E-state index in [0.29, 0.717) is 5.92 Å². The number of fused-ring (bicyclic) bond motifs is 4. The third-order valence-corrected chi connectivity index (χ3v) is 4.81. The Balaban J connectivity index is 2.23. The zero-order valence-electron chi connectivity index (χ0n) is 13.6. The molecule has 2 aliphatic carbocycles. The monoisotopic (exact) mass is 296 g/mol. The lowest BCUT2D eigenvalue weighted by Crippen LogP contribution is -2.40. The predicted octanol–water partition coefficient (Wildman–Crippen LogP) is 3.91. The van der Waals surface area contributed by atoms with Gasteiger partial charge in [-0.05, 0) is 38.3 Å². The highest BCUT2D eigenvalue weighted by molar-refractivity contribution is 5.61. The van der Waals surface area contributed by atoms with Gasteiger partial charge in [-0.1, -0.05) is 31.1 Å². The molecule has 116 valence electrons. The van der Waals surface area contributed by atoms with E-state index in [1.54, 1.807) is 6.07 Å². The summed E-state index contributed by atoms with van der Waals surface area (Å²) >= 11 is 0. The third kappa shape index (κ3) is 2.29. The lowest BCUT2D eigenvalue weighted by atomic mass is 9.63. The number of aromatic nitrogens is 1. The van der Waals surface area contributed by atoms with Gasteiger partial charge in [-0.2, -0.15) is 0 Å². The highest BCUT2D eigenvalue weighted by Gasteiger charge is 2.46. The van der Waals surface area contributed by atoms with E-state index in [-0.39, 0.29) is 11.1 Å². The Hall–Kier alpha value is -1.90. The first kappa shape index (κ1) is 15.0. The van der Waals surface area contributed by atoms with Crippen molar-refractivity contribution in [2.45, 2.75) is 52.0 Å². The number of pyridine rings is 1. The average Bonchev–Trinajstić information content (AvgIpc) is 2.46. The van der Waals surface area contributed by atoms with Crippen molar-refractivity contribution in [2.24, 2.45) is 10.9 Å². The van der Waals surface area contributed by atoms with Gasteiger partial charge >= 0.3 is 0 Å². The molecule has 0 amide bonds. The Morgan fingerprint density at radius 3 is 3.00 bits per heavy atom. The van der Waals surface area contributed by atoms with Gasteiger partial charge in [0.1, 0.15) is 5.54 Å². The smallest absolute Gasteiger partial charge is 0.248 e. The molecule has 0 spiro atoms. The van der Waals surface area contributed by atoms with Crippen LogP contribution in [-0.2, 0) is 12.0 Å². The van der Waals surface area contributed by atoms with Gasteiger partial charge in [-0.15, -0.1) is 0 Å². The van der Waals surface area contributed by atoms with Crippen LogP contribution in [-0.4, -0.2) is 11.2 Å². The maximum absolute atomic E-state index is 11.7. The molecule has 0 radical (unpaired) electrons. The highest BCUT2D eigenvalue weighted by atomic mass is 16.1. The molecule has 0 saturated carbocycles. The molecule has 1 heterocycles. The van der Waals surface area contributed by atoms with Crippen LogP contribution in [0.4, 0.5) is 0 Å². The largest absolute Gasteiger partial charge is 0.326 e. The summed E-state index contributed by atoms with van der Waals surface area (Å²) in [4.78, 5) is 19.8. The van der Waals surface area contributed by atoms with Gasteiger partial charge in [-0.3, -0.25) is 9.79 Å². The minimum Gasteiger partial charge on any atom is -0.326 e. The van der Waals surface area contributed by atoms with Crippen LogP contribution in [0.15, 0.2) is 45.2 Å². The van der Waals surface area contributed by atoms with Crippen molar-refractivity contribution < 1.29 is 0 Å². The van der Waals surface area contributed by atoms with Crippen LogP contribution in [0.3, 0.4) is 0 Å². The zero-order chi connectivity index (χ0) is 15.7. The second-order valence-electron chi connectivity index (χ2n) is 6.42. The summed E-state index contributed by atoms with van der Waals surface area (Å²) in [5, 5.41) is 0. The summed E-state index contributed by atoms with van der Waals surface area (Å²) in [5.41, 5.74) is 4.67. The van der Waals surface area contributed by atoms with Crippen molar-refractivity contribution >= 4 is 6.21 Å². The molecule has 3 nitrogen and oxygen atoms in total. The van der Waals surface area contributed by atoms with Gasteiger partial charge in [0.25, 0.3) is 0 Å². The maximum atomic E-state index is 11.7. The normalized spacial score (nSPS) is 28.8. The average molecular weight is 296 g/mol. The van der Waals surface area contributed by atoms with Gasteiger partial charge in [0.05, 0.1) is 0 Å². The zero-order valence-corrected chi connectivity index (χ0v) is 13.6. The minimum absolute atomic E-state index is 0.0193. The van der Waals surface area contributed by atoms with Crippen molar-refractivity contribution in [3.8, 4) is 0 Å². The number of aliphatic imine (C=N–C) groups is 1. The van der Waals surface area contributed by atoms with Crippen molar-refractivity contribution in [3.63, 3.8) is 0 Å². The predicted molar refractivity (Wildman–Crippen MR) is 91.5 cm³/mol. The molecule has 2 atom stereocenters. The molecule has 2 aliphatic rings. The Morgan fingerprint density at radius 2 is 2.27 bits per heavy atom. The topological polar surface area (TPSA) is 45.2 Å². The van der Waals surface area contributed by atoms with E-state index in [0.717, 1.165) is 31.4 Å². The van der Waals surface area contributed by atoms with E-state index in [1.165, 1.54) is 16.7 Å². The first-order valence-corrected chi connectivity index (χ1v) is 8.21. The van der Waals surface area contributed by atoms with Gasteiger partial charge in [0.15, 0.2) is 0 Å². The Morgan fingerprint density at radius 1 is 1.45 bits per heavy atom. The quantitative estimate of drug-likeness (QED) is 0.667. The molecule has 0 aliphatic heterocycles. The number of hydrogen-bond donors (Lipinski definition) is 1. The second kappa shape index (κ2) is 5.71. The molecule has 2 unspecified atom stereocenters. The number of hydrogen-bond acceptors (Lipinski definition) is 2. The van der Waals surface area contributed by atoms with Crippen molar-refractivity contribution in [2.75, 3.05) is 0 Å². The van der Waals surface area contributed by atoms with Crippen molar-refractivity contribution in [3.05, 3.63) is 57.0 Å². The summed E-state index contributed by atoms with van der Waals surface area (Å²) in [6.07, 6.45) is 10.5. The molecular formula is C19H24N2O. The number of allylic oxidation sites excluding steroid dienone is 2. The van der Waals surface area contributed by atoms with Gasteiger partial charge in [-0.25, -0.2) is 0 Å². The summed E-state index contributed by atoms with van der Waals surface area (Å²) < 4.78 is 0. The SMILES string of the molecule is CC=C1C2C=C(C)CC1(N=CCCC)c1ccc(=O)[nH]c1C2. The molecule has 1 N–H and O–H groups in total. The van der Waals surface area contributed by atoms with E-state index in [1.807, 2.05) is 6.07 Å². The molecule has 0 fully saturated rings. The van der Waals surface area contributed by atoms with E-state index in [9.17, 15) is 4.79 Å². The Labute approximate surface area is 131 Å². The van der Waals surface area contributed by atoms with Gasteiger partial charge < -0.3 is 4.98 Å². The van der Waals surface area contributed by atoms with Crippen LogP contribution < -0.4 is 5.56 Å². The van der Waals surface area contributed by atoms with Crippen LogP contribution in [0.1, 0.15) is 51.3 Å². The Kier molecular flexibility index (Phi) is 3.90. The lowest BCUT2D eigenvalue weighted by molar-refractivity contribution is 0.413. The standard InChI is InChI=1S/C19H24N2O/c1-4-6-9-20-19-12-13(3)10-14(15(19)5-2)11-17-16(19)7-8-18(22)21-17/h5,7-10,14H,4,6,11-12H2,1-3H3,(H,21,22). The summed E-state index contributed by atoms with van der Waals surface area (Å²) in [6, 6.07) is 3.62. The first-order chi connectivity index (χ1) is 10.6. The first-order valence-electron chi connectivity index (χ1n) is 8.21. The second-order valence-corrected chi connectivity index (χ2v) is 6.42. The fourth-order valence-corrected chi connectivity index (χ4v) is 4.00. The molecule has 0 aromatic carbocycles. The van der Waals surface area contributed by atoms with Crippen LogP contribution in [0.2, 0.25) is 0 Å². The molecule has 0 saturated heterocycles. The highest BCUT2D eigenvalue weighted by Crippen LogP contribution is 2.51. The fourth-order valence-electron chi connectivity index (χ4n) is 4.00. The number of H-pyrrole nitrogens is 1. The number of nitrogens with one attached hydrogen (secondary N) is 1. The fraction of sp³-hybridized carbons (Fsp3) is 0.474. The lowest BCUT2D eigenvalue weighted by Gasteiger charge is -2.45. The number of unbranched alkanes of at least 4 members (excludes halogenated alkanes) is 1. The molecule has 1 aromatic rings. The molecule has 22 heavy (non-hydrogen) atoms. The van der Waals surface area contributed by atoms with E-state index in [2.05, 4.69) is 44.1 Å². The van der Waals surface area contributed by atoms with Gasteiger partial charge in [0, 0.05) is 35.9 Å². The molecule has 2 bridgehead atoms.